The van der Waals surface area contributed by atoms with E-state index in [-0.39, 0.29) is 45.4 Å². The van der Waals surface area contributed by atoms with Crippen molar-refractivity contribution in [3.63, 3.8) is 0 Å². The van der Waals surface area contributed by atoms with Crippen molar-refractivity contribution in [2.45, 2.75) is 104 Å². The zero-order valence-corrected chi connectivity index (χ0v) is 39.7. The molecule has 1 spiro atoms. The minimum atomic E-state index is -5.59. The quantitative estimate of drug-likeness (QED) is 0.105. The zero-order chi connectivity index (χ0) is 47.6. The first-order valence-electron chi connectivity index (χ1n) is 22.4. The standard InChI is InChI=1S/C47H57F2N4O11PS/c1-44(2,3)42(58)61-26-63-65(60,64-27-62-43(59)45(4,5)6)47(48,49)32-12-15-36-31(18-32)21-37(66-36)39(55)50-34-20-30-17-29(30)19-33-13-14-35(53(33)40(34)56)41(57)52-24-46(25-52)22-51(23-46)38(54)16-28-10-8-7-9-11-28/h7-12,15,18,21,29-30,33-35H,13-14,16-17,19-20,22-27H2,1-6H3,(H,50,55)/t29-,30+,33-,34+,35+/m1/s1. The molecule has 1 aliphatic carbocycles. The molecule has 0 unspecified atom stereocenters. The molecule has 15 nitrogen and oxygen atoms in total. The number of alkyl halides is 2. The number of nitrogens with zero attached hydrogens (tertiary/aromatic N) is 3. The molecule has 66 heavy (non-hydrogen) atoms. The van der Waals surface area contributed by atoms with Crippen LogP contribution < -0.4 is 5.32 Å². The Kier molecular flexibility index (Phi) is 12.8. The summed E-state index contributed by atoms with van der Waals surface area (Å²) < 4.78 is 67.0. The third-order valence-corrected chi connectivity index (χ3v) is 16.2. The van der Waals surface area contributed by atoms with Gasteiger partial charge >= 0.3 is 25.2 Å². The summed E-state index contributed by atoms with van der Waals surface area (Å²) >= 11 is 1.02. The van der Waals surface area contributed by atoms with Crippen LogP contribution in [-0.4, -0.2) is 108 Å². The highest BCUT2D eigenvalue weighted by Gasteiger charge is 2.58. The maximum Gasteiger partial charge on any atom is 0.410 e. The van der Waals surface area contributed by atoms with Crippen molar-refractivity contribution in [3.05, 3.63) is 70.6 Å². The van der Waals surface area contributed by atoms with Gasteiger partial charge in [-0.05, 0) is 115 Å². The lowest BCUT2D eigenvalue weighted by molar-refractivity contribution is -0.172. The first-order valence-corrected chi connectivity index (χ1v) is 24.7. The van der Waals surface area contributed by atoms with Crippen molar-refractivity contribution < 1.29 is 60.6 Å². The molecule has 1 saturated carbocycles. The average Bonchev–Trinajstić information content (AvgIpc) is 3.57. The summed E-state index contributed by atoms with van der Waals surface area (Å²) in [5.74, 6) is -1.95. The number of thiophene rings is 1. The molecule has 4 aliphatic heterocycles. The maximum atomic E-state index is 16.4. The second-order valence-electron chi connectivity index (χ2n) is 20.6. The molecule has 5 fully saturated rings. The molecule has 1 N–H and O–H groups in total. The number of carbonyl (C=O) groups excluding carboxylic acids is 6. The summed E-state index contributed by atoms with van der Waals surface area (Å²) in [4.78, 5) is 85.5. The summed E-state index contributed by atoms with van der Waals surface area (Å²) in [6.45, 7) is 9.10. The highest BCUT2D eigenvalue weighted by Crippen LogP contribution is 2.67. The molecule has 19 heteroatoms. The Hall–Kier alpha value is -4.77. The summed E-state index contributed by atoms with van der Waals surface area (Å²) in [5, 5.41) is 3.12. The summed E-state index contributed by atoms with van der Waals surface area (Å²) in [6.07, 6.45) is 3.67. The number of rotatable bonds is 13. The molecule has 4 saturated heterocycles. The van der Waals surface area contributed by atoms with Crippen molar-refractivity contribution in [1.82, 2.24) is 20.0 Å². The monoisotopic (exact) mass is 954 g/mol. The SMILES string of the molecule is CC(C)(C)C(=O)OCOP(=O)(OCOC(=O)C(C)(C)C)C(F)(F)c1ccc2sc(C(=O)N[C@H]3C[C@@H]4C[C@@H]4C[C@H]4CC[C@@H](C(=O)N5CC6(CN(C(=O)Cc7ccccc7)C6)C5)N4C3=O)cc2c1. The van der Waals surface area contributed by atoms with Gasteiger partial charge in [-0.1, -0.05) is 36.4 Å². The Morgan fingerprint density at radius 3 is 2.03 bits per heavy atom. The van der Waals surface area contributed by atoms with Crippen molar-refractivity contribution in [2.24, 2.45) is 28.1 Å². The van der Waals surface area contributed by atoms with E-state index in [0.717, 1.165) is 41.9 Å². The van der Waals surface area contributed by atoms with E-state index < -0.39 is 73.2 Å². The van der Waals surface area contributed by atoms with Gasteiger partial charge in [0.2, 0.25) is 31.3 Å². The Morgan fingerprint density at radius 1 is 0.803 bits per heavy atom. The van der Waals surface area contributed by atoms with Gasteiger partial charge in [0.1, 0.15) is 12.1 Å². The van der Waals surface area contributed by atoms with Gasteiger partial charge in [-0.2, -0.15) is 8.78 Å². The molecule has 5 aliphatic rings. The second kappa shape index (κ2) is 17.7. The highest BCUT2D eigenvalue weighted by atomic mass is 32.1. The number of fused-ring (bicyclic) bond motifs is 3. The third-order valence-electron chi connectivity index (χ3n) is 13.3. The highest BCUT2D eigenvalue weighted by molar-refractivity contribution is 7.54. The summed E-state index contributed by atoms with van der Waals surface area (Å²) in [7, 11) is -5.59. The van der Waals surface area contributed by atoms with Gasteiger partial charge in [0.15, 0.2) is 0 Å². The minimum Gasteiger partial charge on any atom is -0.438 e. The van der Waals surface area contributed by atoms with Gasteiger partial charge in [-0.15, -0.1) is 11.3 Å². The fourth-order valence-electron chi connectivity index (χ4n) is 9.44. The van der Waals surface area contributed by atoms with Gasteiger partial charge < -0.3 is 29.5 Å². The predicted molar refractivity (Wildman–Crippen MR) is 238 cm³/mol. The Morgan fingerprint density at radius 2 is 1.41 bits per heavy atom. The van der Waals surface area contributed by atoms with Crippen molar-refractivity contribution in [3.8, 4) is 0 Å². The van der Waals surface area contributed by atoms with E-state index in [1.165, 1.54) is 53.7 Å². The van der Waals surface area contributed by atoms with Crippen LogP contribution in [0, 0.1) is 28.1 Å². The minimum absolute atomic E-state index is 0.0603. The first kappa shape index (κ1) is 47.7. The fourth-order valence-corrected chi connectivity index (χ4v) is 11.6. The zero-order valence-electron chi connectivity index (χ0n) is 38.0. The van der Waals surface area contributed by atoms with Crippen LogP contribution in [0.3, 0.4) is 0 Å². The first-order chi connectivity index (χ1) is 31.0. The largest absolute Gasteiger partial charge is 0.438 e. The van der Waals surface area contributed by atoms with E-state index in [2.05, 4.69) is 5.32 Å². The fraction of sp³-hybridized carbons (Fsp3) is 0.574. The molecule has 5 heterocycles. The van der Waals surface area contributed by atoms with Crippen LogP contribution in [0.4, 0.5) is 8.78 Å². The maximum absolute atomic E-state index is 16.4. The van der Waals surface area contributed by atoms with E-state index in [9.17, 15) is 33.3 Å². The van der Waals surface area contributed by atoms with E-state index in [1.807, 2.05) is 35.2 Å². The van der Waals surface area contributed by atoms with Crippen LogP contribution in [-0.2, 0) is 59.1 Å². The molecular formula is C47H57F2N4O11PS. The molecule has 0 bridgehead atoms. The summed E-state index contributed by atoms with van der Waals surface area (Å²) in [5.41, 5.74) is -6.41. The van der Waals surface area contributed by atoms with Gasteiger partial charge in [-0.25, -0.2) is 0 Å². The number of carbonyl (C=O) groups is 6. The van der Waals surface area contributed by atoms with Crippen LogP contribution in [0.2, 0.25) is 0 Å². The molecule has 5 atom stereocenters. The number of esters is 2. The summed E-state index contributed by atoms with van der Waals surface area (Å²) in [6, 6.07) is 12.7. The number of benzene rings is 2. The predicted octanol–water partition coefficient (Wildman–Crippen LogP) is 7.07. The van der Waals surface area contributed by atoms with E-state index >= 15 is 8.78 Å². The molecule has 4 amide bonds. The van der Waals surface area contributed by atoms with Gasteiger partial charge in [0, 0.05) is 47.9 Å². The number of nitrogens with one attached hydrogen (secondary N) is 1. The third kappa shape index (κ3) is 9.65. The molecule has 356 valence electrons. The van der Waals surface area contributed by atoms with Crippen LogP contribution >= 0.6 is 18.9 Å². The molecule has 3 aromatic rings. The molecule has 0 radical (unpaired) electrons. The van der Waals surface area contributed by atoms with Crippen LogP contribution in [0.5, 0.6) is 0 Å². The normalized spacial score (nSPS) is 23.8. The number of ether oxygens (including phenoxy) is 2. The number of hydrogen-bond acceptors (Lipinski definition) is 12. The smallest absolute Gasteiger partial charge is 0.410 e. The number of likely N-dealkylation sites (tertiary alicyclic amines) is 2. The van der Waals surface area contributed by atoms with E-state index in [4.69, 9.17) is 18.5 Å². The Balaban J connectivity index is 0.928. The Labute approximate surface area is 386 Å². The lowest BCUT2D eigenvalue weighted by Gasteiger charge is -2.60. The molecule has 2 aromatic carbocycles. The van der Waals surface area contributed by atoms with Gasteiger partial charge in [0.25, 0.3) is 5.91 Å². The van der Waals surface area contributed by atoms with Crippen molar-refractivity contribution in [2.75, 3.05) is 39.8 Å². The Bertz CT molecular complexity index is 2420. The van der Waals surface area contributed by atoms with Crippen LogP contribution in [0.15, 0.2) is 54.6 Å². The van der Waals surface area contributed by atoms with Crippen molar-refractivity contribution >= 4 is 64.6 Å². The van der Waals surface area contributed by atoms with E-state index in [0.29, 0.717) is 62.5 Å². The topological polar surface area (TPSA) is 178 Å². The number of amides is 4. The number of halogens is 2. The lowest BCUT2D eigenvalue weighted by atomic mass is 9.72. The van der Waals surface area contributed by atoms with Crippen LogP contribution in [0.1, 0.15) is 94.4 Å². The number of hydrogen-bond donors (Lipinski definition) is 1. The van der Waals surface area contributed by atoms with Gasteiger partial charge in [-0.3, -0.25) is 42.4 Å². The lowest BCUT2D eigenvalue weighted by Crippen LogP contribution is -2.75. The van der Waals surface area contributed by atoms with Gasteiger partial charge in [0.05, 0.1) is 22.1 Å². The second-order valence-corrected chi connectivity index (χ2v) is 23.8. The van der Waals surface area contributed by atoms with Crippen molar-refractivity contribution in [1.29, 1.82) is 0 Å². The molecule has 1 aromatic heterocycles. The average molecular weight is 955 g/mol. The molecule has 8 rings (SSSR count). The van der Waals surface area contributed by atoms with Crippen LogP contribution in [0.25, 0.3) is 10.1 Å². The van der Waals surface area contributed by atoms with E-state index in [1.54, 1.807) is 9.80 Å². The molecular weight excluding hydrogens is 898 g/mol.